The van der Waals surface area contributed by atoms with Gasteiger partial charge in [0.25, 0.3) is 5.91 Å². The first-order valence-corrected chi connectivity index (χ1v) is 9.09. The maximum absolute atomic E-state index is 12.6. The maximum atomic E-state index is 12.6. The largest absolute Gasteiger partial charge is 0.378 e. The van der Waals surface area contributed by atoms with Gasteiger partial charge in [0.1, 0.15) is 5.69 Å². The van der Waals surface area contributed by atoms with Crippen LogP contribution in [0.4, 0.5) is 17.1 Å². The molecule has 1 saturated heterocycles. The molecule has 1 fully saturated rings. The standard InChI is InChI=1S/C20H27N5O/c1-4-24-11-13-25(14-12-24)18-9-10-21-19(15-18)20(26)22-16-5-7-17(8-6-16)23(2)3/h5-10,15H,4,11-14H2,1-3H3,(H,22,26). The highest BCUT2D eigenvalue weighted by Crippen LogP contribution is 2.19. The lowest BCUT2D eigenvalue weighted by atomic mass is 10.2. The lowest BCUT2D eigenvalue weighted by Crippen LogP contribution is -2.46. The molecule has 2 heterocycles. The van der Waals surface area contributed by atoms with Crippen molar-refractivity contribution in [3.8, 4) is 0 Å². The number of rotatable bonds is 5. The van der Waals surface area contributed by atoms with Gasteiger partial charge in [-0.2, -0.15) is 0 Å². The molecule has 3 rings (SSSR count). The number of aromatic nitrogens is 1. The molecule has 1 aliphatic heterocycles. The average Bonchev–Trinajstić information content (AvgIpc) is 2.68. The number of carbonyl (C=O) groups is 1. The van der Waals surface area contributed by atoms with Gasteiger partial charge in [0.2, 0.25) is 0 Å². The van der Waals surface area contributed by atoms with Gasteiger partial charge in [0, 0.05) is 63.5 Å². The summed E-state index contributed by atoms with van der Waals surface area (Å²) in [7, 11) is 3.98. The lowest BCUT2D eigenvalue weighted by Gasteiger charge is -2.35. The van der Waals surface area contributed by atoms with E-state index in [1.54, 1.807) is 6.20 Å². The molecule has 0 aliphatic carbocycles. The van der Waals surface area contributed by atoms with Crippen LogP contribution >= 0.6 is 0 Å². The fraction of sp³-hybridized carbons (Fsp3) is 0.400. The molecule has 0 radical (unpaired) electrons. The summed E-state index contributed by atoms with van der Waals surface area (Å²) in [5.41, 5.74) is 3.36. The number of hydrogen-bond donors (Lipinski definition) is 1. The number of nitrogens with zero attached hydrogens (tertiary/aromatic N) is 4. The number of piperazine rings is 1. The van der Waals surface area contributed by atoms with Gasteiger partial charge in [0.15, 0.2) is 0 Å². The molecule has 1 aromatic carbocycles. The number of amides is 1. The van der Waals surface area contributed by atoms with Crippen molar-refractivity contribution in [2.24, 2.45) is 0 Å². The van der Waals surface area contributed by atoms with Gasteiger partial charge in [-0.25, -0.2) is 0 Å². The highest BCUT2D eigenvalue weighted by molar-refractivity contribution is 6.03. The van der Waals surface area contributed by atoms with Crippen LogP contribution in [-0.4, -0.2) is 62.6 Å². The Bertz CT molecular complexity index is 736. The van der Waals surface area contributed by atoms with Gasteiger partial charge in [-0.1, -0.05) is 6.92 Å². The first-order chi connectivity index (χ1) is 12.6. The van der Waals surface area contributed by atoms with Gasteiger partial charge in [-0.3, -0.25) is 9.78 Å². The number of benzene rings is 1. The van der Waals surface area contributed by atoms with E-state index in [4.69, 9.17) is 0 Å². The van der Waals surface area contributed by atoms with Crippen molar-refractivity contribution in [2.75, 3.05) is 61.9 Å². The Balaban J connectivity index is 1.66. The van der Waals surface area contributed by atoms with Crippen LogP contribution < -0.4 is 15.1 Å². The minimum Gasteiger partial charge on any atom is -0.378 e. The van der Waals surface area contributed by atoms with Gasteiger partial charge >= 0.3 is 0 Å². The molecule has 1 aromatic heterocycles. The Morgan fingerprint density at radius 3 is 2.42 bits per heavy atom. The normalized spacial score (nSPS) is 15.0. The van der Waals surface area contributed by atoms with Crippen LogP contribution in [0.2, 0.25) is 0 Å². The second kappa shape index (κ2) is 8.19. The van der Waals surface area contributed by atoms with E-state index in [0.717, 1.165) is 49.8 Å². The summed E-state index contributed by atoms with van der Waals surface area (Å²) in [4.78, 5) is 23.6. The fourth-order valence-electron chi connectivity index (χ4n) is 3.10. The van der Waals surface area contributed by atoms with E-state index in [2.05, 4.69) is 27.0 Å². The molecule has 0 atom stereocenters. The van der Waals surface area contributed by atoms with Crippen molar-refractivity contribution >= 4 is 23.0 Å². The summed E-state index contributed by atoms with van der Waals surface area (Å²) in [5, 5.41) is 2.92. The number of nitrogens with one attached hydrogen (secondary N) is 1. The SMILES string of the molecule is CCN1CCN(c2ccnc(C(=O)Nc3ccc(N(C)C)cc3)c2)CC1. The zero-order chi connectivity index (χ0) is 18.5. The summed E-state index contributed by atoms with van der Waals surface area (Å²) < 4.78 is 0. The van der Waals surface area contributed by atoms with E-state index < -0.39 is 0 Å². The minimum absolute atomic E-state index is 0.184. The van der Waals surface area contributed by atoms with Crippen molar-refractivity contribution in [1.29, 1.82) is 0 Å². The van der Waals surface area contributed by atoms with Crippen LogP contribution in [0.5, 0.6) is 0 Å². The summed E-state index contributed by atoms with van der Waals surface area (Å²) in [5.74, 6) is -0.184. The number of likely N-dealkylation sites (N-methyl/N-ethyl adjacent to an activating group) is 1. The molecule has 26 heavy (non-hydrogen) atoms. The molecule has 2 aromatic rings. The van der Waals surface area contributed by atoms with Crippen molar-refractivity contribution in [1.82, 2.24) is 9.88 Å². The first kappa shape index (κ1) is 18.2. The molecule has 0 unspecified atom stereocenters. The summed E-state index contributed by atoms with van der Waals surface area (Å²) in [6.07, 6.45) is 1.71. The molecule has 1 N–H and O–H groups in total. The highest BCUT2D eigenvalue weighted by atomic mass is 16.1. The Labute approximate surface area is 155 Å². The van der Waals surface area contributed by atoms with Gasteiger partial charge < -0.3 is 20.0 Å². The van der Waals surface area contributed by atoms with Gasteiger partial charge in [0.05, 0.1) is 0 Å². The van der Waals surface area contributed by atoms with Crippen LogP contribution in [0, 0.1) is 0 Å². The fourth-order valence-corrected chi connectivity index (χ4v) is 3.10. The Morgan fingerprint density at radius 2 is 1.81 bits per heavy atom. The lowest BCUT2D eigenvalue weighted by molar-refractivity contribution is 0.102. The predicted octanol–water partition coefficient (Wildman–Crippen LogP) is 2.54. The number of anilines is 3. The minimum atomic E-state index is -0.184. The molecule has 138 valence electrons. The van der Waals surface area contributed by atoms with Crippen molar-refractivity contribution in [3.63, 3.8) is 0 Å². The van der Waals surface area contributed by atoms with Crippen LogP contribution in [0.3, 0.4) is 0 Å². The number of pyridine rings is 1. The molecule has 0 saturated carbocycles. The van der Waals surface area contributed by atoms with Gasteiger partial charge in [-0.05, 0) is 42.9 Å². The molecule has 6 nitrogen and oxygen atoms in total. The molecule has 0 bridgehead atoms. The monoisotopic (exact) mass is 353 g/mol. The van der Waals surface area contributed by atoms with E-state index in [-0.39, 0.29) is 5.91 Å². The first-order valence-electron chi connectivity index (χ1n) is 9.09. The van der Waals surface area contributed by atoms with Crippen LogP contribution in [-0.2, 0) is 0 Å². The summed E-state index contributed by atoms with van der Waals surface area (Å²) >= 11 is 0. The van der Waals surface area contributed by atoms with Crippen LogP contribution in [0.1, 0.15) is 17.4 Å². The Hall–Kier alpha value is -2.60. The maximum Gasteiger partial charge on any atom is 0.274 e. The van der Waals surface area contributed by atoms with Crippen molar-refractivity contribution in [3.05, 3.63) is 48.3 Å². The van der Waals surface area contributed by atoms with E-state index in [0.29, 0.717) is 5.69 Å². The molecule has 0 spiro atoms. The number of hydrogen-bond acceptors (Lipinski definition) is 5. The molecule has 1 aliphatic rings. The smallest absolute Gasteiger partial charge is 0.274 e. The molecular weight excluding hydrogens is 326 g/mol. The van der Waals surface area contributed by atoms with E-state index >= 15 is 0 Å². The van der Waals surface area contributed by atoms with Crippen LogP contribution in [0.15, 0.2) is 42.6 Å². The van der Waals surface area contributed by atoms with E-state index in [1.165, 1.54) is 0 Å². The quantitative estimate of drug-likeness (QED) is 0.895. The predicted molar refractivity (Wildman–Crippen MR) is 107 cm³/mol. The van der Waals surface area contributed by atoms with E-state index in [9.17, 15) is 4.79 Å². The van der Waals surface area contributed by atoms with Crippen LogP contribution in [0.25, 0.3) is 0 Å². The van der Waals surface area contributed by atoms with Crippen molar-refractivity contribution in [2.45, 2.75) is 6.92 Å². The summed E-state index contributed by atoms with van der Waals surface area (Å²) in [6, 6.07) is 11.6. The highest BCUT2D eigenvalue weighted by Gasteiger charge is 2.17. The second-order valence-corrected chi connectivity index (χ2v) is 6.72. The molecule has 6 heteroatoms. The third kappa shape index (κ3) is 4.32. The second-order valence-electron chi connectivity index (χ2n) is 6.72. The number of carbonyl (C=O) groups excluding carboxylic acids is 1. The van der Waals surface area contributed by atoms with E-state index in [1.807, 2.05) is 55.4 Å². The topological polar surface area (TPSA) is 51.7 Å². The Morgan fingerprint density at radius 1 is 1.12 bits per heavy atom. The third-order valence-corrected chi connectivity index (χ3v) is 4.80. The third-order valence-electron chi connectivity index (χ3n) is 4.80. The zero-order valence-electron chi connectivity index (χ0n) is 15.8. The van der Waals surface area contributed by atoms with Crippen molar-refractivity contribution < 1.29 is 4.79 Å². The Kier molecular flexibility index (Phi) is 5.73. The van der Waals surface area contributed by atoms with Gasteiger partial charge in [-0.15, -0.1) is 0 Å². The average molecular weight is 353 g/mol. The zero-order valence-corrected chi connectivity index (χ0v) is 15.8. The summed E-state index contributed by atoms with van der Waals surface area (Å²) in [6.45, 7) is 7.34. The molecule has 1 amide bonds. The molecular formula is C20H27N5O.